The number of carbonyl (C=O) groups excluding carboxylic acids is 1. The summed E-state index contributed by atoms with van der Waals surface area (Å²) < 4.78 is 10.6. The summed E-state index contributed by atoms with van der Waals surface area (Å²) in [7, 11) is 3.63. The summed E-state index contributed by atoms with van der Waals surface area (Å²) in [4.78, 5) is 24.0. The molecule has 3 fully saturated rings. The Balaban J connectivity index is 1.36. The maximum atomic E-state index is 12.7. The minimum absolute atomic E-state index is 0.152. The fourth-order valence-electron chi connectivity index (χ4n) is 4.58. The van der Waals surface area contributed by atoms with Gasteiger partial charge in [0.15, 0.2) is 5.96 Å². The number of morpholine rings is 1. The number of hydrogen-bond acceptors (Lipinski definition) is 5. The van der Waals surface area contributed by atoms with E-state index in [2.05, 4.69) is 20.1 Å². The second-order valence-electron chi connectivity index (χ2n) is 8.40. The molecule has 0 aromatic heterocycles. The van der Waals surface area contributed by atoms with Crippen molar-refractivity contribution in [3.63, 3.8) is 0 Å². The molecule has 0 saturated carbocycles. The number of guanidine groups is 1. The minimum Gasteiger partial charge on any atom is -0.383 e. The number of methoxy groups -OCH3 is 1. The van der Waals surface area contributed by atoms with Crippen molar-refractivity contribution in [2.75, 3.05) is 86.3 Å². The average molecular weight is 410 g/mol. The normalized spacial score (nSPS) is 23.4. The predicted octanol–water partition coefficient (Wildman–Crippen LogP) is 0.491. The average Bonchev–Trinajstić information content (AvgIpc) is 2.79. The molecule has 0 bridgehead atoms. The van der Waals surface area contributed by atoms with E-state index in [1.165, 1.54) is 12.8 Å². The van der Waals surface area contributed by atoms with Gasteiger partial charge in [-0.2, -0.15) is 0 Å². The van der Waals surface area contributed by atoms with Gasteiger partial charge in [0.25, 0.3) is 0 Å². The second-order valence-corrected chi connectivity index (χ2v) is 8.40. The lowest BCUT2D eigenvalue weighted by Crippen LogP contribution is -2.50. The third kappa shape index (κ3) is 6.55. The zero-order chi connectivity index (χ0) is 20.5. The summed E-state index contributed by atoms with van der Waals surface area (Å²) in [5, 5.41) is 3.60. The van der Waals surface area contributed by atoms with Crippen LogP contribution in [0.2, 0.25) is 0 Å². The third-order valence-electron chi connectivity index (χ3n) is 6.55. The molecule has 8 heteroatoms. The van der Waals surface area contributed by atoms with Crippen molar-refractivity contribution in [2.45, 2.75) is 25.7 Å². The number of nitrogens with zero attached hydrogens (tertiary/aromatic N) is 4. The number of ether oxygens (including phenoxy) is 2. The fourth-order valence-corrected chi connectivity index (χ4v) is 4.58. The molecular weight excluding hydrogens is 370 g/mol. The molecule has 0 spiro atoms. The van der Waals surface area contributed by atoms with Gasteiger partial charge in [0.05, 0.1) is 19.8 Å². The Bertz CT molecular complexity index is 522. The minimum atomic E-state index is 0.152. The molecule has 0 unspecified atom stereocenters. The molecule has 166 valence electrons. The molecule has 0 aromatic rings. The number of carbonyl (C=O) groups is 1. The molecule has 0 aromatic carbocycles. The van der Waals surface area contributed by atoms with Gasteiger partial charge in [-0.05, 0) is 44.7 Å². The van der Waals surface area contributed by atoms with Gasteiger partial charge in [-0.1, -0.05) is 0 Å². The van der Waals surface area contributed by atoms with Gasteiger partial charge in [-0.25, -0.2) is 0 Å². The first-order valence-electron chi connectivity index (χ1n) is 11.2. The van der Waals surface area contributed by atoms with Crippen molar-refractivity contribution in [2.24, 2.45) is 16.8 Å². The van der Waals surface area contributed by atoms with E-state index in [-0.39, 0.29) is 5.92 Å². The molecule has 8 nitrogen and oxygen atoms in total. The Kier molecular flexibility index (Phi) is 9.01. The smallest absolute Gasteiger partial charge is 0.225 e. The van der Waals surface area contributed by atoms with E-state index in [1.54, 1.807) is 7.11 Å². The number of piperidine rings is 2. The highest BCUT2D eigenvalue weighted by Gasteiger charge is 2.30. The fraction of sp³-hybridized carbons (Fsp3) is 0.905. The summed E-state index contributed by atoms with van der Waals surface area (Å²) in [5.74, 6) is 2.16. The van der Waals surface area contributed by atoms with Gasteiger partial charge < -0.3 is 29.5 Å². The maximum Gasteiger partial charge on any atom is 0.225 e. The topological polar surface area (TPSA) is 69.6 Å². The van der Waals surface area contributed by atoms with Crippen LogP contribution in [0.3, 0.4) is 0 Å². The van der Waals surface area contributed by atoms with E-state index in [9.17, 15) is 4.79 Å². The van der Waals surface area contributed by atoms with Crippen LogP contribution in [0.15, 0.2) is 4.99 Å². The highest BCUT2D eigenvalue weighted by molar-refractivity contribution is 5.81. The zero-order valence-electron chi connectivity index (χ0n) is 18.3. The second kappa shape index (κ2) is 11.7. The van der Waals surface area contributed by atoms with Crippen LogP contribution in [0.25, 0.3) is 0 Å². The van der Waals surface area contributed by atoms with Crippen molar-refractivity contribution >= 4 is 11.9 Å². The van der Waals surface area contributed by atoms with E-state index in [0.29, 0.717) is 25.0 Å². The first-order valence-corrected chi connectivity index (χ1v) is 11.2. The molecular formula is C21H39N5O3. The van der Waals surface area contributed by atoms with Crippen LogP contribution in [0.1, 0.15) is 25.7 Å². The Hall–Kier alpha value is -1.38. The predicted molar refractivity (Wildman–Crippen MR) is 114 cm³/mol. The molecule has 3 saturated heterocycles. The van der Waals surface area contributed by atoms with Crippen LogP contribution in [-0.2, 0) is 14.3 Å². The van der Waals surface area contributed by atoms with E-state index in [0.717, 1.165) is 77.8 Å². The Labute approximate surface area is 175 Å². The number of nitrogens with one attached hydrogen (secondary N) is 1. The molecule has 3 rings (SSSR count). The first kappa shape index (κ1) is 22.3. The van der Waals surface area contributed by atoms with E-state index < -0.39 is 0 Å². The van der Waals surface area contributed by atoms with E-state index in [4.69, 9.17) is 9.47 Å². The Morgan fingerprint density at radius 3 is 2.34 bits per heavy atom. The molecule has 3 aliphatic heterocycles. The van der Waals surface area contributed by atoms with Crippen LogP contribution in [0.4, 0.5) is 0 Å². The van der Waals surface area contributed by atoms with Crippen molar-refractivity contribution in [3.8, 4) is 0 Å². The standard InChI is InChI=1S/C21H39N5O3/c1-22-21(23-17-18-3-7-24(8-4-18)11-14-28-2)26-9-5-19(6-10-26)20(27)25-12-15-29-16-13-25/h18-19H,3-17H2,1-2H3,(H,22,23). The van der Waals surface area contributed by atoms with Gasteiger partial charge in [0.1, 0.15) is 0 Å². The van der Waals surface area contributed by atoms with Crippen LogP contribution in [-0.4, -0.2) is 113 Å². The molecule has 0 radical (unpaired) electrons. The quantitative estimate of drug-likeness (QED) is 0.509. The number of hydrogen-bond donors (Lipinski definition) is 1. The molecule has 3 aliphatic rings. The SMILES string of the molecule is CN=C(NCC1CCN(CCOC)CC1)N1CCC(C(=O)N2CCOCC2)CC1. The summed E-state index contributed by atoms with van der Waals surface area (Å²) in [6.07, 6.45) is 4.28. The van der Waals surface area contributed by atoms with Crippen molar-refractivity contribution in [1.29, 1.82) is 0 Å². The third-order valence-corrected chi connectivity index (χ3v) is 6.55. The first-order chi connectivity index (χ1) is 14.2. The Morgan fingerprint density at radius 2 is 1.72 bits per heavy atom. The van der Waals surface area contributed by atoms with Crippen LogP contribution >= 0.6 is 0 Å². The largest absolute Gasteiger partial charge is 0.383 e. The van der Waals surface area contributed by atoms with Crippen molar-refractivity contribution < 1.29 is 14.3 Å². The lowest BCUT2D eigenvalue weighted by molar-refractivity contribution is -0.140. The van der Waals surface area contributed by atoms with E-state index in [1.807, 2.05) is 11.9 Å². The molecule has 0 atom stereocenters. The summed E-state index contributed by atoms with van der Waals surface area (Å²) >= 11 is 0. The summed E-state index contributed by atoms with van der Waals surface area (Å²) in [6, 6.07) is 0. The maximum absolute atomic E-state index is 12.7. The molecule has 1 N–H and O–H groups in total. The number of rotatable bonds is 6. The molecule has 0 aliphatic carbocycles. The van der Waals surface area contributed by atoms with Gasteiger partial charge in [-0.15, -0.1) is 0 Å². The van der Waals surface area contributed by atoms with Crippen molar-refractivity contribution in [3.05, 3.63) is 0 Å². The zero-order valence-corrected chi connectivity index (χ0v) is 18.3. The van der Waals surface area contributed by atoms with Crippen molar-refractivity contribution in [1.82, 2.24) is 20.0 Å². The van der Waals surface area contributed by atoms with Gasteiger partial charge in [0, 0.05) is 59.3 Å². The Morgan fingerprint density at radius 1 is 1.03 bits per heavy atom. The van der Waals surface area contributed by atoms with Crippen LogP contribution in [0, 0.1) is 11.8 Å². The van der Waals surface area contributed by atoms with Gasteiger partial charge in [0.2, 0.25) is 5.91 Å². The lowest BCUT2D eigenvalue weighted by Gasteiger charge is -2.37. The summed E-state index contributed by atoms with van der Waals surface area (Å²) in [5.41, 5.74) is 0. The van der Waals surface area contributed by atoms with E-state index >= 15 is 0 Å². The van der Waals surface area contributed by atoms with Crippen LogP contribution < -0.4 is 5.32 Å². The summed E-state index contributed by atoms with van der Waals surface area (Å²) in [6.45, 7) is 9.78. The molecule has 29 heavy (non-hydrogen) atoms. The monoisotopic (exact) mass is 409 g/mol. The highest BCUT2D eigenvalue weighted by atomic mass is 16.5. The van der Waals surface area contributed by atoms with Gasteiger partial charge in [-0.3, -0.25) is 9.79 Å². The molecule has 1 amide bonds. The molecule has 3 heterocycles. The highest BCUT2D eigenvalue weighted by Crippen LogP contribution is 2.21. The number of likely N-dealkylation sites (tertiary alicyclic amines) is 2. The lowest BCUT2D eigenvalue weighted by atomic mass is 9.95. The van der Waals surface area contributed by atoms with Crippen LogP contribution in [0.5, 0.6) is 0 Å². The number of aliphatic imine (C=N–C) groups is 1. The van der Waals surface area contributed by atoms with Gasteiger partial charge >= 0.3 is 0 Å². The number of amides is 1.